The van der Waals surface area contributed by atoms with E-state index in [-0.39, 0.29) is 25.3 Å². The number of nitrogens with one attached hydrogen (secondary N) is 3. The average Bonchev–Trinajstić information content (AvgIpc) is 3.37. The predicted octanol–water partition coefficient (Wildman–Crippen LogP) is -0.373. The van der Waals surface area contributed by atoms with Crippen molar-refractivity contribution >= 4 is 35.6 Å². The van der Waals surface area contributed by atoms with Crippen LogP contribution >= 0.6 is 0 Å². The molecule has 0 saturated carbocycles. The van der Waals surface area contributed by atoms with Gasteiger partial charge >= 0.3 is 11.9 Å². The Hall–Kier alpha value is -4.00. The maximum Gasteiger partial charge on any atom is 0.326 e. The van der Waals surface area contributed by atoms with E-state index >= 15 is 0 Å². The quantitative estimate of drug-likeness (QED) is 0.175. The number of carboxylic acid groups (broad SMARTS) is 2. The Balaban J connectivity index is 2.05. The van der Waals surface area contributed by atoms with E-state index in [0.717, 1.165) is 0 Å². The Kier molecular flexibility index (Phi) is 12.1. The minimum absolute atomic E-state index is 0.0466. The van der Waals surface area contributed by atoms with Crippen LogP contribution in [0.4, 0.5) is 0 Å². The van der Waals surface area contributed by atoms with Crippen LogP contribution < -0.4 is 21.7 Å². The molecule has 5 atom stereocenters. The Morgan fingerprint density at radius 1 is 0.950 bits per heavy atom. The molecule has 0 aromatic heterocycles. The molecular formula is C27H39N5O8. The van der Waals surface area contributed by atoms with Crippen molar-refractivity contribution in [3.8, 4) is 0 Å². The van der Waals surface area contributed by atoms with Crippen LogP contribution in [0.25, 0.3) is 0 Å². The molecule has 1 aliphatic heterocycles. The molecule has 4 amide bonds. The second-order valence-corrected chi connectivity index (χ2v) is 10.4. The number of hydrogen-bond acceptors (Lipinski definition) is 7. The number of aliphatic carboxylic acids is 2. The first-order valence-corrected chi connectivity index (χ1v) is 13.3. The molecular weight excluding hydrogens is 522 g/mol. The molecule has 40 heavy (non-hydrogen) atoms. The molecule has 1 aliphatic rings. The lowest BCUT2D eigenvalue weighted by molar-refractivity contribution is -0.146. The SMILES string of the molecule is CC(C)C[C@H](N)C(=O)N[C@@H](CC(=O)O)C(=O)N1CCC[C@H]1C(=O)N[C@@H](C)C(=O)N[C@@H](Cc1ccccc1)C(=O)O. The van der Waals surface area contributed by atoms with E-state index in [4.69, 9.17) is 5.73 Å². The lowest BCUT2D eigenvalue weighted by Gasteiger charge is -2.29. The van der Waals surface area contributed by atoms with E-state index in [2.05, 4.69) is 16.0 Å². The second-order valence-electron chi connectivity index (χ2n) is 10.4. The highest BCUT2D eigenvalue weighted by molar-refractivity contribution is 5.96. The van der Waals surface area contributed by atoms with Gasteiger partial charge in [0.15, 0.2) is 0 Å². The Morgan fingerprint density at radius 3 is 2.15 bits per heavy atom. The van der Waals surface area contributed by atoms with E-state index in [1.54, 1.807) is 30.3 Å². The lowest BCUT2D eigenvalue weighted by Crippen LogP contribution is -2.58. The van der Waals surface area contributed by atoms with Crippen molar-refractivity contribution in [3.05, 3.63) is 35.9 Å². The molecule has 13 nitrogen and oxygen atoms in total. The molecule has 1 aromatic carbocycles. The molecule has 1 fully saturated rings. The summed E-state index contributed by atoms with van der Waals surface area (Å²) in [6, 6.07) is 3.05. The fraction of sp³-hybridized carbons (Fsp3) is 0.556. The number of likely N-dealkylation sites (tertiary alicyclic amines) is 1. The number of benzene rings is 1. The van der Waals surface area contributed by atoms with Crippen molar-refractivity contribution in [1.29, 1.82) is 0 Å². The summed E-state index contributed by atoms with van der Waals surface area (Å²) in [5.41, 5.74) is 6.59. The molecule has 1 heterocycles. The van der Waals surface area contributed by atoms with Gasteiger partial charge in [-0.3, -0.25) is 24.0 Å². The predicted molar refractivity (Wildman–Crippen MR) is 144 cm³/mol. The zero-order valence-corrected chi connectivity index (χ0v) is 23.0. The molecule has 0 bridgehead atoms. The summed E-state index contributed by atoms with van der Waals surface area (Å²) < 4.78 is 0. The van der Waals surface area contributed by atoms with E-state index in [0.29, 0.717) is 18.4 Å². The zero-order valence-electron chi connectivity index (χ0n) is 23.0. The van der Waals surface area contributed by atoms with Gasteiger partial charge in [0.1, 0.15) is 24.2 Å². The van der Waals surface area contributed by atoms with E-state index < -0.39 is 72.2 Å². The van der Waals surface area contributed by atoms with Crippen molar-refractivity contribution in [2.24, 2.45) is 11.7 Å². The standard InChI is InChI=1S/C27H39N5O8/c1-15(2)12-18(28)24(36)30-19(14-22(33)34)26(38)32-11-7-10-21(32)25(37)29-16(3)23(35)31-20(27(39)40)13-17-8-5-4-6-9-17/h4-6,8-9,15-16,18-21H,7,10-14,28H2,1-3H3,(H,29,37)(H,30,36)(H,31,35)(H,33,34)(H,39,40)/t16-,18-,19-,20-,21-/m0/s1. The van der Waals surface area contributed by atoms with Crippen LogP contribution in [0, 0.1) is 5.92 Å². The number of amides is 4. The first-order valence-electron chi connectivity index (χ1n) is 13.3. The summed E-state index contributed by atoms with van der Waals surface area (Å²) in [4.78, 5) is 75.9. The van der Waals surface area contributed by atoms with Crippen LogP contribution in [-0.4, -0.2) is 87.4 Å². The fourth-order valence-corrected chi connectivity index (χ4v) is 4.49. The van der Waals surface area contributed by atoms with Crippen molar-refractivity contribution in [3.63, 3.8) is 0 Å². The highest BCUT2D eigenvalue weighted by Gasteiger charge is 2.39. The van der Waals surface area contributed by atoms with Gasteiger partial charge in [0.2, 0.25) is 23.6 Å². The monoisotopic (exact) mass is 561 g/mol. The van der Waals surface area contributed by atoms with Crippen molar-refractivity contribution in [2.45, 2.75) is 83.1 Å². The van der Waals surface area contributed by atoms with Gasteiger partial charge in [-0.15, -0.1) is 0 Å². The van der Waals surface area contributed by atoms with Gasteiger partial charge in [-0.1, -0.05) is 44.2 Å². The highest BCUT2D eigenvalue weighted by Crippen LogP contribution is 2.20. The summed E-state index contributed by atoms with van der Waals surface area (Å²) in [6.45, 7) is 5.28. The Labute approximate surface area is 232 Å². The molecule has 220 valence electrons. The van der Waals surface area contributed by atoms with Gasteiger partial charge in [-0.25, -0.2) is 4.79 Å². The van der Waals surface area contributed by atoms with Crippen LogP contribution in [0.5, 0.6) is 0 Å². The molecule has 0 radical (unpaired) electrons. The van der Waals surface area contributed by atoms with Crippen molar-refractivity contribution < 1.29 is 39.0 Å². The summed E-state index contributed by atoms with van der Waals surface area (Å²) in [6.07, 6.45) is 0.398. The third-order valence-electron chi connectivity index (χ3n) is 6.54. The summed E-state index contributed by atoms with van der Waals surface area (Å²) in [7, 11) is 0. The molecule has 0 aliphatic carbocycles. The van der Waals surface area contributed by atoms with Crippen LogP contribution in [0.1, 0.15) is 52.0 Å². The Bertz CT molecular complexity index is 1080. The number of carboxylic acids is 2. The van der Waals surface area contributed by atoms with Gasteiger partial charge < -0.3 is 36.8 Å². The van der Waals surface area contributed by atoms with Gasteiger partial charge in [0, 0.05) is 13.0 Å². The number of carbonyl (C=O) groups excluding carboxylic acids is 4. The van der Waals surface area contributed by atoms with E-state index in [1.165, 1.54) is 11.8 Å². The van der Waals surface area contributed by atoms with Crippen LogP contribution in [0.15, 0.2) is 30.3 Å². The molecule has 0 unspecified atom stereocenters. The number of carbonyl (C=O) groups is 6. The van der Waals surface area contributed by atoms with Crippen LogP contribution in [0.3, 0.4) is 0 Å². The molecule has 1 saturated heterocycles. The smallest absolute Gasteiger partial charge is 0.326 e. The largest absolute Gasteiger partial charge is 0.481 e. The summed E-state index contributed by atoms with van der Waals surface area (Å²) in [5, 5.41) is 26.2. The van der Waals surface area contributed by atoms with Crippen molar-refractivity contribution in [1.82, 2.24) is 20.9 Å². The van der Waals surface area contributed by atoms with E-state index in [9.17, 15) is 39.0 Å². The minimum Gasteiger partial charge on any atom is -0.481 e. The third kappa shape index (κ3) is 9.63. The molecule has 2 rings (SSSR count). The molecule has 0 spiro atoms. The topological polar surface area (TPSA) is 208 Å². The molecule has 13 heteroatoms. The number of nitrogens with zero attached hydrogens (tertiary/aromatic N) is 1. The highest BCUT2D eigenvalue weighted by atomic mass is 16.4. The maximum absolute atomic E-state index is 13.3. The number of rotatable bonds is 14. The maximum atomic E-state index is 13.3. The number of nitrogens with two attached hydrogens (primary N) is 1. The van der Waals surface area contributed by atoms with E-state index in [1.807, 2.05) is 13.8 Å². The molecule has 1 aromatic rings. The van der Waals surface area contributed by atoms with Crippen LogP contribution in [0.2, 0.25) is 0 Å². The van der Waals surface area contributed by atoms with Gasteiger partial charge in [-0.05, 0) is 37.7 Å². The average molecular weight is 562 g/mol. The van der Waals surface area contributed by atoms with Gasteiger partial charge in [-0.2, -0.15) is 0 Å². The first-order chi connectivity index (χ1) is 18.8. The summed E-state index contributed by atoms with van der Waals surface area (Å²) >= 11 is 0. The third-order valence-corrected chi connectivity index (χ3v) is 6.54. The van der Waals surface area contributed by atoms with Gasteiger partial charge in [0.05, 0.1) is 12.5 Å². The van der Waals surface area contributed by atoms with Crippen molar-refractivity contribution in [2.75, 3.05) is 6.54 Å². The fourth-order valence-electron chi connectivity index (χ4n) is 4.49. The van der Waals surface area contributed by atoms with Crippen LogP contribution in [-0.2, 0) is 35.2 Å². The Morgan fingerprint density at radius 2 is 1.57 bits per heavy atom. The zero-order chi connectivity index (χ0) is 30.0. The molecule has 7 N–H and O–H groups in total. The van der Waals surface area contributed by atoms with Gasteiger partial charge in [0.25, 0.3) is 0 Å². The minimum atomic E-state index is -1.42. The summed E-state index contributed by atoms with van der Waals surface area (Å²) in [5.74, 6) is -5.22. The number of hydrogen-bond donors (Lipinski definition) is 6. The lowest BCUT2D eigenvalue weighted by atomic mass is 10.0. The normalized spacial score (nSPS) is 17.8. The second kappa shape index (κ2) is 15.0. The first kappa shape index (κ1) is 32.2.